The van der Waals surface area contributed by atoms with Crippen molar-refractivity contribution < 1.29 is 23.1 Å². The maximum atomic E-state index is 13.7. The molecule has 1 aliphatic heterocycles. The zero-order valence-corrected chi connectivity index (χ0v) is 18.4. The number of phenolic OH excluding ortho intramolecular Hbond substituents is 1. The summed E-state index contributed by atoms with van der Waals surface area (Å²) in [5.41, 5.74) is 0.317. The molecule has 0 spiro atoms. The van der Waals surface area contributed by atoms with E-state index in [2.05, 4.69) is 23.6 Å². The number of carbonyl (C=O) groups is 2. The van der Waals surface area contributed by atoms with Gasteiger partial charge in [-0.25, -0.2) is 0 Å². The normalized spacial score (nSPS) is 24.3. The molecule has 0 amide bonds. The lowest BCUT2D eigenvalue weighted by Crippen LogP contribution is -2.51. The van der Waals surface area contributed by atoms with Gasteiger partial charge in [0, 0.05) is 11.6 Å². The third-order valence-electron chi connectivity index (χ3n) is 6.07. The third kappa shape index (κ3) is 3.44. The number of hydrogen-bond acceptors (Lipinski definition) is 6. The van der Waals surface area contributed by atoms with Crippen LogP contribution >= 0.6 is 0 Å². The number of phenols is 1. The Hall–Kier alpha value is -3.00. The molecule has 2 atom stereocenters. The number of aromatic hydroxyl groups is 1. The summed E-state index contributed by atoms with van der Waals surface area (Å²) in [6.07, 6.45) is 1.31. The van der Waals surface area contributed by atoms with Gasteiger partial charge in [-0.15, -0.1) is 4.40 Å². The zero-order valence-electron chi connectivity index (χ0n) is 17.5. The number of anilines is 1. The Morgan fingerprint density at radius 1 is 1.16 bits per heavy atom. The number of sulfonamides is 1. The summed E-state index contributed by atoms with van der Waals surface area (Å²) in [7, 11) is -4.19. The van der Waals surface area contributed by atoms with Crippen LogP contribution in [0.1, 0.15) is 49.5 Å². The minimum absolute atomic E-state index is 0.172. The van der Waals surface area contributed by atoms with Crippen molar-refractivity contribution in [3.63, 3.8) is 0 Å². The topological polar surface area (TPSA) is 113 Å². The number of nitrogens with zero attached hydrogens (tertiary/aromatic N) is 1. The summed E-state index contributed by atoms with van der Waals surface area (Å²) >= 11 is 0. The van der Waals surface area contributed by atoms with E-state index < -0.39 is 27.1 Å². The molecule has 31 heavy (non-hydrogen) atoms. The van der Waals surface area contributed by atoms with Crippen molar-refractivity contribution in [2.75, 3.05) is 5.32 Å². The SMILES string of the molecule is CC(C)CCC1(C)C(=O)C(C2=NS(=O)(=O)c3cc(O)ccc3N2)C(=O)c2ccccc21. The van der Waals surface area contributed by atoms with E-state index in [0.29, 0.717) is 23.5 Å². The monoisotopic (exact) mass is 440 g/mol. The van der Waals surface area contributed by atoms with Gasteiger partial charge in [0.2, 0.25) is 0 Å². The Kier molecular flexibility index (Phi) is 5.00. The van der Waals surface area contributed by atoms with E-state index in [1.165, 1.54) is 12.1 Å². The maximum absolute atomic E-state index is 13.7. The van der Waals surface area contributed by atoms with Crippen LogP contribution in [0.4, 0.5) is 5.69 Å². The number of ketones is 2. The highest BCUT2D eigenvalue weighted by Gasteiger charge is 2.51. The molecule has 4 rings (SSSR count). The summed E-state index contributed by atoms with van der Waals surface area (Å²) in [4.78, 5) is 26.9. The fourth-order valence-corrected chi connectivity index (χ4v) is 5.46. The van der Waals surface area contributed by atoms with Crippen molar-refractivity contribution >= 4 is 33.1 Å². The van der Waals surface area contributed by atoms with Crippen molar-refractivity contribution in [2.45, 2.75) is 43.9 Å². The molecule has 0 bridgehead atoms. The Morgan fingerprint density at radius 3 is 2.58 bits per heavy atom. The number of carbonyl (C=O) groups excluding carboxylic acids is 2. The fraction of sp³-hybridized carbons (Fsp3) is 0.348. The van der Waals surface area contributed by atoms with Crippen LogP contribution in [0, 0.1) is 11.8 Å². The van der Waals surface area contributed by atoms with Crippen LogP contribution in [0.2, 0.25) is 0 Å². The van der Waals surface area contributed by atoms with Gasteiger partial charge in [-0.2, -0.15) is 8.42 Å². The van der Waals surface area contributed by atoms with Gasteiger partial charge >= 0.3 is 0 Å². The van der Waals surface area contributed by atoms with E-state index in [9.17, 15) is 23.1 Å². The summed E-state index contributed by atoms with van der Waals surface area (Å²) in [6, 6.07) is 10.8. The molecule has 2 aliphatic rings. The summed E-state index contributed by atoms with van der Waals surface area (Å²) in [5, 5.41) is 12.5. The van der Waals surface area contributed by atoms with Crippen LogP contribution in [0.15, 0.2) is 51.8 Å². The predicted molar refractivity (Wildman–Crippen MR) is 117 cm³/mol. The smallest absolute Gasteiger partial charge is 0.286 e. The van der Waals surface area contributed by atoms with E-state index in [1.54, 1.807) is 24.3 Å². The molecule has 0 saturated heterocycles. The molecule has 2 unspecified atom stereocenters. The highest BCUT2D eigenvalue weighted by molar-refractivity contribution is 7.90. The molecule has 7 nitrogen and oxygen atoms in total. The molecule has 0 fully saturated rings. The largest absolute Gasteiger partial charge is 0.508 e. The summed E-state index contributed by atoms with van der Waals surface area (Å²) < 4.78 is 29.3. The number of fused-ring (bicyclic) bond motifs is 2. The van der Waals surface area contributed by atoms with E-state index >= 15 is 0 Å². The standard InChI is InChI=1S/C23H24N2O5S/c1-13(2)10-11-23(3)16-7-5-4-6-15(16)20(27)19(21(23)28)22-24-17-9-8-14(26)12-18(17)31(29,30)25-22/h4-9,12-13,19,26H,10-11H2,1-3H3,(H,24,25). The van der Waals surface area contributed by atoms with Crippen molar-refractivity contribution in [1.29, 1.82) is 0 Å². The molecule has 0 aromatic heterocycles. The van der Waals surface area contributed by atoms with Gasteiger partial charge in [0.15, 0.2) is 11.6 Å². The van der Waals surface area contributed by atoms with Gasteiger partial charge in [0.25, 0.3) is 10.0 Å². The lowest BCUT2D eigenvalue weighted by molar-refractivity contribution is -0.125. The number of hydrogen-bond donors (Lipinski definition) is 2. The molecule has 162 valence electrons. The molecule has 0 saturated carbocycles. The summed E-state index contributed by atoms with van der Waals surface area (Å²) in [5.74, 6) is -2.23. The second-order valence-corrected chi connectivity index (χ2v) is 10.3. The Bertz CT molecular complexity index is 1230. The first-order valence-electron chi connectivity index (χ1n) is 10.2. The van der Waals surface area contributed by atoms with Gasteiger partial charge in [-0.05, 0) is 43.4 Å². The van der Waals surface area contributed by atoms with Gasteiger partial charge in [0.05, 0.1) is 11.1 Å². The van der Waals surface area contributed by atoms with Gasteiger partial charge < -0.3 is 10.4 Å². The van der Waals surface area contributed by atoms with Crippen LogP contribution in [0.3, 0.4) is 0 Å². The molecule has 1 aliphatic carbocycles. The molecule has 2 aromatic carbocycles. The van der Waals surface area contributed by atoms with E-state index in [-0.39, 0.29) is 28.0 Å². The van der Waals surface area contributed by atoms with Crippen molar-refractivity contribution in [1.82, 2.24) is 0 Å². The van der Waals surface area contributed by atoms with Crippen molar-refractivity contribution in [3.8, 4) is 5.75 Å². The van der Waals surface area contributed by atoms with Gasteiger partial charge in [-0.3, -0.25) is 9.59 Å². The zero-order chi connectivity index (χ0) is 22.6. The van der Waals surface area contributed by atoms with Crippen LogP contribution in [-0.2, 0) is 20.2 Å². The van der Waals surface area contributed by atoms with Gasteiger partial charge in [-0.1, -0.05) is 38.1 Å². The van der Waals surface area contributed by atoms with Gasteiger partial charge in [0.1, 0.15) is 22.4 Å². The number of Topliss-reactive ketones (excluding diaryl/α,β-unsaturated/α-hetero) is 2. The predicted octanol–water partition coefficient (Wildman–Crippen LogP) is 3.68. The van der Waals surface area contributed by atoms with Crippen LogP contribution < -0.4 is 5.32 Å². The van der Waals surface area contributed by atoms with Crippen LogP contribution in [0.5, 0.6) is 5.75 Å². The lowest BCUT2D eigenvalue weighted by Gasteiger charge is -2.39. The number of nitrogens with one attached hydrogen (secondary N) is 1. The average molecular weight is 441 g/mol. The maximum Gasteiger partial charge on any atom is 0.286 e. The highest BCUT2D eigenvalue weighted by atomic mass is 32.2. The Morgan fingerprint density at radius 2 is 1.87 bits per heavy atom. The highest BCUT2D eigenvalue weighted by Crippen LogP contribution is 2.42. The third-order valence-corrected chi connectivity index (χ3v) is 7.41. The van der Waals surface area contributed by atoms with E-state index in [0.717, 1.165) is 12.5 Å². The minimum Gasteiger partial charge on any atom is -0.508 e. The second kappa shape index (κ2) is 7.30. The van der Waals surface area contributed by atoms with E-state index in [1.807, 2.05) is 6.92 Å². The molecule has 1 heterocycles. The molecule has 2 aromatic rings. The van der Waals surface area contributed by atoms with Crippen molar-refractivity contribution in [3.05, 3.63) is 53.6 Å². The number of benzene rings is 2. The Labute approximate surface area is 181 Å². The first-order valence-corrected chi connectivity index (χ1v) is 11.6. The van der Waals surface area contributed by atoms with Crippen LogP contribution in [-0.4, -0.2) is 30.9 Å². The minimum atomic E-state index is -4.19. The fourth-order valence-electron chi connectivity index (χ4n) is 4.28. The molecule has 8 heteroatoms. The average Bonchev–Trinajstić information content (AvgIpc) is 2.71. The number of amidine groups is 1. The summed E-state index contributed by atoms with van der Waals surface area (Å²) in [6.45, 7) is 5.95. The van der Waals surface area contributed by atoms with E-state index in [4.69, 9.17) is 0 Å². The van der Waals surface area contributed by atoms with Crippen molar-refractivity contribution in [2.24, 2.45) is 16.2 Å². The molecule has 0 radical (unpaired) electrons. The lowest BCUT2D eigenvalue weighted by atomic mass is 9.63. The first-order chi connectivity index (χ1) is 14.5. The Balaban J connectivity index is 1.84. The molecular formula is C23H24N2O5S. The molecular weight excluding hydrogens is 416 g/mol. The molecule has 2 N–H and O–H groups in total. The van der Waals surface area contributed by atoms with Crippen LogP contribution in [0.25, 0.3) is 0 Å². The quantitative estimate of drug-likeness (QED) is 0.554. The second-order valence-electron chi connectivity index (χ2n) is 8.73. The number of rotatable bonds is 4. The first kappa shape index (κ1) is 21.2.